The maximum atomic E-state index is 13.2. The molecular formula is C21H27N3O3. The number of nitrogens with zero attached hydrogens (tertiary/aromatic N) is 3. The minimum atomic E-state index is -0.849. The van der Waals surface area contributed by atoms with Crippen molar-refractivity contribution in [3.63, 3.8) is 0 Å². The summed E-state index contributed by atoms with van der Waals surface area (Å²) in [6, 6.07) is 7.76. The van der Waals surface area contributed by atoms with Gasteiger partial charge in [0.2, 0.25) is 5.91 Å². The van der Waals surface area contributed by atoms with Crippen LogP contribution in [0.2, 0.25) is 0 Å². The van der Waals surface area contributed by atoms with Gasteiger partial charge in [-0.15, -0.1) is 0 Å². The van der Waals surface area contributed by atoms with Gasteiger partial charge < -0.3 is 14.7 Å². The molecule has 0 bridgehead atoms. The van der Waals surface area contributed by atoms with E-state index in [1.165, 1.54) is 0 Å². The number of amides is 1. The first-order valence-corrected chi connectivity index (χ1v) is 9.79. The van der Waals surface area contributed by atoms with E-state index in [-0.39, 0.29) is 17.4 Å². The van der Waals surface area contributed by atoms with Crippen molar-refractivity contribution >= 4 is 11.6 Å². The maximum absolute atomic E-state index is 13.2. The molecule has 2 fully saturated rings. The van der Waals surface area contributed by atoms with Crippen LogP contribution in [-0.4, -0.2) is 35.8 Å². The van der Waals surface area contributed by atoms with Crippen LogP contribution in [0.1, 0.15) is 46.0 Å². The summed E-state index contributed by atoms with van der Waals surface area (Å²) in [5.74, 6) is 1.01. The topological polar surface area (TPSA) is 74.5 Å². The van der Waals surface area contributed by atoms with Gasteiger partial charge in [-0.05, 0) is 70.2 Å². The van der Waals surface area contributed by atoms with E-state index >= 15 is 0 Å². The highest BCUT2D eigenvalue weighted by Gasteiger charge is 2.52. The monoisotopic (exact) mass is 369 g/mol. The van der Waals surface area contributed by atoms with Crippen LogP contribution in [-0.2, 0) is 4.79 Å². The number of azo groups is 1. The Kier molecular flexibility index (Phi) is 4.54. The lowest BCUT2D eigenvalue weighted by atomic mass is 9.66. The van der Waals surface area contributed by atoms with Gasteiger partial charge in [0.05, 0.1) is 29.9 Å². The zero-order chi connectivity index (χ0) is 19.1. The lowest BCUT2D eigenvalue weighted by Gasteiger charge is -2.41. The second-order valence-corrected chi connectivity index (χ2v) is 8.25. The van der Waals surface area contributed by atoms with E-state index in [4.69, 9.17) is 4.74 Å². The Labute approximate surface area is 159 Å². The lowest BCUT2D eigenvalue weighted by Crippen LogP contribution is -2.44. The van der Waals surface area contributed by atoms with Gasteiger partial charge in [-0.2, -0.15) is 10.2 Å². The minimum absolute atomic E-state index is 0.129. The Hall–Kier alpha value is -2.21. The average molecular weight is 369 g/mol. The molecule has 1 amide bonds. The Morgan fingerprint density at radius 3 is 2.41 bits per heavy atom. The molecule has 144 valence electrons. The highest BCUT2D eigenvalue weighted by molar-refractivity contribution is 6.00. The molecule has 2 heterocycles. The van der Waals surface area contributed by atoms with E-state index in [0.29, 0.717) is 32.2 Å². The molecule has 3 aliphatic rings. The lowest BCUT2D eigenvalue weighted by molar-refractivity contribution is -0.129. The van der Waals surface area contributed by atoms with E-state index in [9.17, 15) is 9.90 Å². The summed E-state index contributed by atoms with van der Waals surface area (Å²) >= 11 is 0. The van der Waals surface area contributed by atoms with Crippen molar-refractivity contribution in [3.8, 4) is 5.75 Å². The van der Waals surface area contributed by atoms with Gasteiger partial charge in [-0.3, -0.25) is 4.79 Å². The molecule has 1 saturated carbocycles. The molecule has 0 atom stereocenters. The van der Waals surface area contributed by atoms with Gasteiger partial charge in [0.15, 0.2) is 0 Å². The highest BCUT2D eigenvalue weighted by atomic mass is 16.5. The summed E-state index contributed by atoms with van der Waals surface area (Å²) in [6.45, 7) is 5.20. The number of benzene rings is 1. The maximum Gasteiger partial charge on any atom is 0.233 e. The van der Waals surface area contributed by atoms with Crippen molar-refractivity contribution in [2.75, 3.05) is 18.0 Å². The fourth-order valence-electron chi connectivity index (χ4n) is 4.51. The molecule has 1 saturated heterocycles. The Bertz CT molecular complexity index is 774. The largest absolute Gasteiger partial charge is 0.491 e. The third-order valence-corrected chi connectivity index (χ3v) is 6.20. The molecule has 0 aromatic heterocycles. The van der Waals surface area contributed by atoms with Crippen molar-refractivity contribution in [3.05, 3.63) is 36.0 Å². The van der Waals surface area contributed by atoms with Gasteiger partial charge in [-0.25, -0.2) is 0 Å². The summed E-state index contributed by atoms with van der Waals surface area (Å²) in [7, 11) is 0. The smallest absolute Gasteiger partial charge is 0.233 e. The highest BCUT2D eigenvalue weighted by Crippen LogP contribution is 2.50. The third-order valence-electron chi connectivity index (χ3n) is 6.20. The van der Waals surface area contributed by atoms with E-state index in [1.807, 2.05) is 43.0 Å². The van der Waals surface area contributed by atoms with Gasteiger partial charge in [-0.1, -0.05) is 0 Å². The van der Waals surface area contributed by atoms with Crippen LogP contribution in [0.4, 0.5) is 5.69 Å². The first-order valence-electron chi connectivity index (χ1n) is 9.79. The molecule has 1 N–H and O–H groups in total. The molecular weight excluding hydrogens is 342 g/mol. The van der Waals surface area contributed by atoms with E-state index < -0.39 is 5.60 Å². The minimum Gasteiger partial charge on any atom is -0.491 e. The Morgan fingerprint density at radius 2 is 1.81 bits per heavy atom. The van der Waals surface area contributed by atoms with Crippen molar-refractivity contribution < 1.29 is 14.6 Å². The third kappa shape index (κ3) is 3.27. The number of carbonyl (C=O) groups is 1. The van der Waals surface area contributed by atoms with Crippen molar-refractivity contribution in [1.82, 2.24) is 0 Å². The first kappa shape index (κ1) is 18.2. The molecule has 6 nitrogen and oxygen atoms in total. The average Bonchev–Trinajstić information content (AvgIpc) is 3.29. The number of anilines is 1. The quantitative estimate of drug-likeness (QED) is 0.876. The predicted octanol–water partition coefficient (Wildman–Crippen LogP) is 3.85. The summed E-state index contributed by atoms with van der Waals surface area (Å²) in [5.41, 5.74) is 0.621. The molecule has 6 heteroatoms. The van der Waals surface area contributed by atoms with Crippen molar-refractivity contribution in [2.45, 2.75) is 57.7 Å². The number of ether oxygens (including phenoxy) is 1. The first-order chi connectivity index (χ1) is 12.9. The number of hydrogen-bond donors (Lipinski definition) is 1. The van der Waals surface area contributed by atoms with E-state index in [1.54, 1.807) is 6.20 Å². The van der Waals surface area contributed by atoms with Gasteiger partial charge in [0, 0.05) is 17.8 Å². The van der Waals surface area contributed by atoms with Crippen LogP contribution >= 0.6 is 0 Å². The summed E-state index contributed by atoms with van der Waals surface area (Å²) in [5, 5.41) is 18.8. The molecule has 2 aliphatic heterocycles. The van der Waals surface area contributed by atoms with Crippen LogP contribution in [0.15, 0.2) is 46.3 Å². The second-order valence-electron chi connectivity index (χ2n) is 8.25. The molecule has 1 aliphatic carbocycles. The van der Waals surface area contributed by atoms with Crippen LogP contribution < -0.4 is 9.64 Å². The number of aliphatic hydroxyl groups is 1. The summed E-state index contributed by atoms with van der Waals surface area (Å²) in [4.78, 5) is 15.1. The number of carbonyl (C=O) groups excluding carboxylic acids is 1. The van der Waals surface area contributed by atoms with Crippen LogP contribution in [0, 0.1) is 5.41 Å². The van der Waals surface area contributed by atoms with Crippen LogP contribution in [0.25, 0.3) is 0 Å². The van der Waals surface area contributed by atoms with Crippen molar-refractivity contribution in [2.24, 2.45) is 15.6 Å². The van der Waals surface area contributed by atoms with Crippen molar-refractivity contribution in [1.29, 1.82) is 0 Å². The molecule has 4 rings (SSSR count). The molecule has 1 aromatic carbocycles. The van der Waals surface area contributed by atoms with Gasteiger partial charge in [0.25, 0.3) is 0 Å². The second kappa shape index (κ2) is 6.75. The fraction of sp³-hybridized carbons (Fsp3) is 0.571. The normalized spacial score (nSPS) is 30.4. The fourth-order valence-corrected chi connectivity index (χ4v) is 4.51. The zero-order valence-corrected chi connectivity index (χ0v) is 16.0. The predicted molar refractivity (Wildman–Crippen MR) is 103 cm³/mol. The summed E-state index contributed by atoms with van der Waals surface area (Å²) in [6.07, 6.45) is 5.29. The Morgan fingerprint density at radius 1 is 1.11 bits per heavy atom. The Balaban J connectivity index is 1.44. The SMILES string of the molecule is CC(C)Oc1ccc(N2CCC3(CCC(O)(C4=CN=NC4)CC3)C2=O)cc1. The standard InChI is InChI=1S/C21H27N3O3/c1-15(2)27-18-5-3-17(4-6-18)24-12-11-20(19(24)25)7-9-21(26,10-8-20)16-13-22-23-14-16/h3-6,13,15,26H,7-12,14H2,1-2H3. The van der Waals surface area contributed by atoms with E-state index in [0.717, 1.165) is 30.0 Å². The van der Waals surface area contributed by atoms with Crippen LogP contribution in [0.3, 0.4) is 0 Å². The molecule has 1 aromatic rings. The van der Waals surface area contributed by atoms with Gasteiger partial charge in [0.1, 0.15) is 5.75 Å². The molecule has 0 radical (unpaired) electrons. The molecule has 1 spiro atoms. The zero-order valence-electron chi connectivity index (χ0n) is 16.0. The molecule has 0 unspecified atom stereocenters. The van der Waals surface area contributed by atoms with Crippen LogP contribution in [0.5, 0.6) is 5.75 Å². The number of hydrogen-bond acceptors (Lipinski definition) is 5. The number of rotatable bonds is 4. The van der Waals surface area contributed by atoms with Gasteiger partial charge >= 0.3 is 0 Å². The summed E-state index contributed by atoms with van der Waals surface area (Å²) < 4.78 is 5.69. The molecule has 27 heavy (non-hydrogen) atoms. The van der Waals surface area contributed by atoms with E-state index in [2.05, 4.69) is 10.2 Å².